The molecule has 1 fully saturated rings. The van der Waals surface area contributed by atoms with Crippen LogP contribution in [0.1, 0.15) is 45.1 Å². The average Bonchev–Trinajstić information content (AvgIpc) is 2.91. The molecule has 0 bridgehead atoms. The van der Waals surface area contributed by atoms with E-state index in [0.29, 0.717) is 5.92 Å². The van der Waals surface area contributed by atoms with Crippen molar-refractivity contribution in [3.63, 3.8) is 0 Å². The number of rotatable bonds is 4. The second-order valence-corrected chi connectivity index (χ2v) is 6.13. The van der Waals surface area contributed by atoms with Crippen molar-refractivity contribution >= 4 is 16.9 Å². The van der Waals surface area contributed by atoms with Crippen molar-refractivity contribution in [2.24, 2.45) is 11.8 Å². The Morgan fingerprint density at radius 3 is 2.95 bits per heavy atom. The average molecular weight is 286 g/mol. The van der Waals surface area contributed by atoms with E-state index < -0.39 is 5.97 Å². The van der Waals surface area contributed by atoms with Crippen molar-refractivity contribution in [1.82, 2.24) is 9.78 Å². The largest absolute Gasteiger partial charge is 0.481 e. The van der Waals surface area contributed by atoms with Crippen LogP contribution < -0.4 is 0 Å². The highest BCUT2D eigenvalue weighted by atomic mass is 16.4. The maximum atomic E-state index is 11.6. The van der Waals surface area contributed by atoms with E-state index >= 15 is 0 Å². The van der Waals surface area contributed by atoms with E-state index in [1.54, 1.807) is 0 Å². The topological polar surface area (TPSA) is 55.1 Å². The molecule has 0 amide bonds. The summed E-state index contributed by atoms with van der Waals surface area (Å²) in [6.07, 6.45) is 6.91. The van der Waals surface area contributed by atoms with Crippen LogP contribution in [0.3, 0.4) is 0 Å². The zero-order valence-electron chi connectivity index (χ0n) is 12.4. The predicted molar refractivity (Wildman–Crippen MR) is 82.1 cm³/mol. The van der Waals surface area contributed by atoms with Gasteiger partial charge in [0.1, 0.15) is 0 Å². The maximum Gasteiger partial charge on any atom is 0.308 e. The summed E-state index contributed by atoms with van der Waals surface area (Å²) in [5.74, 6) is -0.380. The van der Waals surface area contributed by atoms with Crippen LogP contribution in [0, 0.1) is 11.8 Å². The van der Waals surface area contributed by atoms with Crippen molar-refractivity contribution in [3.05, 3.63) is 30.5 Å². The van der Waals surface area contributed by atoms with Crippen LogP contribution in [0.4, 0.5) is 0 Å². The SMILES string of the molecule is CCCC1CCC(C(=O)O)C(n2ncc3ccccc32)C1. The van der Waals surface area contributed by atoms with Gasteiger partial charge in [-0.3, -0.25) is 9.48 Å². The Hall–Kier alpha value is -1.84. The van der Waals surface area contributed by atoms with Gasteiger partial charge in [0, 0.05) is 5.39 Å². The van der Waals surface area contributed by atoms with Gasteiger partial charge >= 0.3 is 5.97 Å². The second-order valence-electron chi connectivity index (χ2n) is 6.13. The Kier molecular flexibility index (Phi) is 3.95. The number of aliphatic carboxylic acids is 1. The number of carbonyl (C=O) groups is 1. The molecule has 4 heteroatoms. The third kappa shape index (κ3) is 2.67. The molecule has 0 aliphatic heterocycles. The normalized spacial score (nSPS) is 26.0. The number of carboxylic acid groups (broad SMARTS) is 1. The van der Waals surface area contributed by atoms with Gasteiger partial charge in [0.2, 0.25) is 0 Å². The molecule has 1 heterocycles. The smallest absolute Gasteiger partial charge is 0.308 e. The molecule has 1 aliphatic rings. The van der Waals surface area contributed by atoms with Crippen molar-refractivity contribution < 1.29 is 9.90 Å². The molecule has 3 rings (SSSR count). The van der Waals surface area contributed by atoms with E-state index in [0.717, 1.165) is 36.6 Å². The van der Waals surface area contributed by atoms with Crippen LogP contribution >= 0.6 is 0 Å². The van der Waals surface area contributed by atoms with E-state index in [-0.39, 0.29) is 12.0 Å². The van der Waals surface area contributed by atoms with Gasteiger partial charge in [0.25, 0.3) is 0 Å². The van der Waals surface area contributed by atoms with Crippen LogP contribution in [0.5, 0.6) is 0 Å². The number of hydrogen-bond acceptors (Lipinski definition) is 2. The zero-order chi connectivity index (χ0) is 14.8. The van der Waals surface area contributed by atoms with Crippen LogP contribution in [-0.4, -0.2) is 20.9 Å². The molecule has 0 radical (unpaired) electrons. The van der Waals surface area contributed by atoms with Gasteiger partial charge in [-0.1, -0.05) is 38.0 Å². The third-order valence-electron chi connectivity index (χ3n) is 4.76. The molecule has 2 aromatic rings. The van der Waals surface area contributed by atoms with Crippen molar-refractivity contribution in [1.29, 1.82) is 0 Å². The number of para-hydroxylation sites is 1. The van der Waals surface area contributed by atoms with Gasteiger partial charge in [0.15, 0.2) is 0 Å². The highest BCUT2D eigenvalue weighted by molar-refractivity contribution is 5.79. The lowest BCUT2D eigenvalue weighted by atomic mass is 9.76. The summed E-state index contributed by atoms with van der Waals surface area (Å²) in [7, 11) is 0. The fourth-order valence-corrected chi connectivity index (χ4v) is 3.72. The molecule has 1 aromatic heterocycles. The molecule has 3 atom stereocenters. The Morgan fingerprint density at radius 1 is 1.38 bits per heavy atom. The third-order valence-corrected chi connectivity index (χ3v) is 4.76. The highest BCUT2D eigenvalue weighted by Crippen LogP contribution is 2.40. The molecule has 0 saturated heterocycles. The number of benzene rings is 1. The predicted octanol–water partition coefficient (Wildman–Crippen LogP) is 3.88. The van der Waals surface area contributed by atoms with Crippen molar-refractivity contribution in [2.75, 3.05) is 0 Å². The zero-order valence-corrected chi connectivity index (χ0v) is 12.4. The Balaban J connectivity index is 1.96. The first kappa shape index (κ1) is 14.1. The number of nitrogens with zero attached hydrogens (tertiary/aromatic N) is 2. The van der Waals surface area contributed by atoms with Gasteiger partial charge in [-0.2, -0.15) is 5.10 Å². The molecule has 1 saturated carbocycles. The van der Waals surface area contributed by atoms with E-state index in [1.807, 2.05) is 35.1 Å². The van der Waals surface area contributed by atoms with Crippen LogP contribution in [0.2, 0.25) is 0 Å². The lowest BCUT2D eigenvalue weighted by molar-refractivity contribution is -0.145. The molecule has 21 heavy (non-hydrogen) atoms. The maximum absolute atomic E-state index is 11.6. The molecule has 4 nitrogen and oxygen atoms in total. The Bertz CT molecular complexity index is 635. The number of hydrogen-bond donors (Lipinski definition) is 1. The van der Waals surface area contributed by atoms with Gasteiger partial charge in [-0.25, -0.2) is 0 Å². The summed E-state index contributed by atoms with van der Waals surface area (Å²) in [4.78, 5) is 11.6. The van der Waals surface area contributed by atoms with Crippen LogP contribution in [0.25, 0.3) is 10.9 Å². The molecule has 0 spiro atoms. The van der Waals surface area contributed by atoms with Crippen molar-refractivity contribution in [3.8, 4) is 0 Å². The molecule has 112 valence electrons. The first-order valence-electron chi connectivity index (χ1n) is 7.85. The van der Waals surface area contributed by atoms with Crippen molar-refractivity contribution in [2.45, 2.75) is 45.1 Å². The lowest BCUT2D eigenvalue weighted by Crippen LogP contribution is -2.33. The fourth-order valence-electron chi connectivity index (χ4n) is 3.72. The summed E-state index contributed by atoms with van der Waals surface area (Å²) in [5.41, 5.74) is 1.05. The second kappa shape index (κ2) is 5.88. The monoisotopic (exact) mass is 286 g/mol. The summed E-state index contributed by atoms with van der Waals surface area (Å²) in [6, 6.07) is 8.02. The highest BCUT2D eigenvalue weighted by Gasteiger charge is 2.36. The molecular formula is C17H22N2O2. The van der Waals surface area contributed by atoms with E-state index in [1.165, 1.54) is 6.42 Å². The standard InChI is InChI=1S/C17H22N2O2/c1-2-5-12-8-9-14(17(20)21)16(10-12)19-15-7-4-3-6-13(15)11-18-19/h3-4,6-7,11-12,14,16H,2,5,8-10H2,1H3,(H,20,21). The van der Waals surface area contributed by atoms with Gasteiger partial charge in [-0.15, -0.1) is 0 Å². The molecule has 3 unspecified atom stereocenters. The van der Waals surface area contributed by atoms with Crippen LogP contribution in [0.15, 0.2) is 30.5 Å². The summed E-state index contributed by atoms with van der Waals surface area (Å²) in [6.45, 7) is 2.20. The first-order chi connectivity index (χ1) is 10.2. The quantitative estimate of drug-likeness (QED) is 0.928. The van der Waals surface area contributed by atoms with Gasteiger partial charge in [-0.05, 0) is 31.2 Å². The minimum atomic E-state index is -0.686. The summed E-state index contributed by atoms with van der Waals surface area (Å²) >= 11 is 0. The lowest BCUT2D eigenvalue weighted by Gasteiger charge is -2.34. The van der Waals surface area contributed by atoms with Gasteiger partial charge in [0.05, 0.1) is 23.7 Å². The van der Waals surface area contributed by atoms with E-state index in [9.17, 15) is 9.90 Å². The summed E-state index contributed by atoms with van der Waals surface area (Å²) < 4.78 is 1.95. The van der Waals surface area contributed by atoms with Crippen LogP contribution in [-0.2, 0) is 4.79 Å². The Labute approximate surface area is 124 Å². The van der Waals surface area contributed by atoms with Gasteiger partial charge < -0.3 is 5.11 Å². The molecule has 1 N–H and O–H groups in total. The number of carboxylic acids is 1. The molecule has 1 aromatic carbocycles. The Morgan fingerprint density at radius 2 is 2.19 bits per heavy atom. The molecule has 1 aliphatic carbocycles. The van der Waals surface area contributed by atoms with E-state index in [4.69, 9.17) is 0 Å². The minimum absolute atomic E-state index is 0.0206. The fraction of sp³-hybridized carbons (Fsp3) is 0.529. The summed E-state index contributed by atoms with van der Waals surface area (Å²) in [5, 5.41) is 15.1. The number of aromatic nitrogens is 2. The number of fused-ring (bicyclic) bond motifs is 1. The van der Waals surface area contributed by atoms with E-state index in [2.05, 4.69) is 12.0 Å². The molecular weight excluding hydrogens is 264 g/mol. The minimum Gasteiger partial charge on any atom is -0.481 e. The first-order valence-corrected chi connectivity index (χ1v) is 7.85.